The van der Waals surface area contributed by atoms with E-state index in [0.717, 1.165) is 4.88 Å². The Bertz CT molecular complexity index is 932. The average molecular weight is 374 g/mol. The number of carbonyl (C=O) groups is 1. The van der Waals surface area contributed by atoms with E-state index in [1.807, 2.05) is 17.5 Å². The van der Waals surface area contributed by atoms with Gasteiger partial charge in [0.2, 0.25) is 0 Å². The monoisotopic (exact) mass is 373 g/mol. The lowest BCUT2D eigenvalue weighted by Gasteiger charge is -2.26. The van der Waals surface area contributed by atoms with E-state index in [4.69, 9.17) is 11.6 Å². The van der Waals surface area contributed by atoms with E-state index < -0.39 is 12.0 Å². The zero-order chi connectivity index (χ0) is 17.4. The number of amides is 1. The minimum atomic E-state index is -0.464. The predicted molar refractivity (Wildman–Crippen MR) is 96.2 cm³/mol. The molecule has 0 saturated carbocycles. The standard InChI is InChI=1S/C18H13ClFN3OS/c19-14-9-11(20)5-6-15(14)22-17-16-13(4-1-7-21-16)18(24)23(17)10-12-3-2-8-25-12/h1-9,17,22H,10H2. The van der Waals surface area contributed by atoms with E-state index in [9.17, 15) is 9.18 Å². The Morgan fingerprint density at radius 1 is 1.28 bits per heavy atom. The number of nitrogens with one attached hydrogen (secondary N) is 1. The number of aromatic nitrogens is 1. The van der Waals surface area contributed by atoms with Crippen LogP contribution in [0, 0.1) is 5.82 Å². The maximum absolute atomic E-state index is 13.3. The van der Waals surface area contributed by atoms with Gasteiger partial charge in [-0.25, -0.2) is 4.39 Å². The number of nitrogens with zero attached hydrogens (tertiary/aromatic N) is 2. The molecule has 0 saturated heterocycles. The van der Waals surface area contributed by atoms with Gasteiger partial charge in [0.15, 0.2) is 0 Å². The molecule has 4 nitrogen and oxygen atoms in total. The van der Waals surface area contributed by atoms with Crippen LogP contribution in [0.25, 0.3) is 0 Å². The maximum atomic E-state index is 13.3. The molecule has 0 fully saturated rings. The van der Waals surface area contributed by atoms with Gasteiger partial charge in [-0.05, 0) is 41.8 Å². The molecule has 3 aromatic rings. The highest BCUT2D eigenvalue weighted by Gasteiger charge is 2.38. The largest absolute Gasteiger partial charge is 0.359 e. The van der Waals surface area contributed by atoms with Crippen molar-refractivity contribution in [1.29, 1.82) is 0 Å². The van der Waals surface area contributed by atoms with Gasteiger partial charge in [-0.2, -0.15) is 0 Å². The van der Waals surface area contributed by atoms with Crippen LogP contribution in [-0.4, -0.2) is 15.8 Å². The van der Waals surface area contributed by atoms with Gasteiger partial charge in [0, 0.05) is 11.1 Å². The van der Waals surface area contributed by atoms with Crippen molar-refractivity contribution in [3.05, 3.63) is 81.0 Å². The Labute approximate surface area is 152 Å². The van der Waals surface area contributed by atoms with E-state index in [-0.39, 0.29) is 10.9 Å². The van der Waals surface area contributed by atoms with Crippen molar-refractivity contribution in [3.63, 3.8) is 0 Å². The van der Waals surface area contributed by atoms with Gasteiger partial charge in [0.1, 0.15) is 12.0 Å². The summed E-state index contributed by atoms with van der Waals surface area (Å²) in [6.45, 7) is 0.462. The smallest absolute Gasteiger partial charge is 0.258 e. The highest BCUT2D eigenvalue weighted by atomic mass is 35.5. The number of pyridine rings is 1. The summed E-state index contributed by atoms with van der Waals surface area (Å²) in [4.78, 5) is 20.0. The van der Waals surface area contributed by atoms with Gasteiger partial charge in [-0.1, -0.05) is 17.7 Å². The van der Waals surface area contributed by atoms with Crippen LogP contribution in [0.15, 0.2) is 54.0 Å². The highest BCUT2D eigenvalue weighted by molar-refractivity contribution is 7.09. The van der Waals surface area contributed by atoms with Crippen molar-refractivity contribution in [2.75, 3.05) is 5.32 Å². The van der Waals surface area contributed by atoms with Crippen LogP contribution >= 0.6 is 22.9 Å². The number of hydrogen-bond acceptors (Lipinski definition) is 4. The summed E-state index contributed by atoms with van der Waals surface area (Å²) in [6, 6.07) is 11.6. The summed E-state index contributed by atoms with van der Waals surface area (Å²) >= 11 is 7.72. The predicted octanol–water partition coefficient (Wildman–Crippen LogP) is 4.70. The minimum Gasteiger partial charge on any atom is -0.359 e. The molecule has 7 heteroatoms. The molecular formula is C18H13ClFN3OS. The molecule has 4 rings (SSSR count). The molecule has 1 amide bonds. The summed E-state index contributed by atoms with van der Waals surface area (Å²) in [5.74, 6) is -0.501. The van der Waals surface area contributed by atoms with Crippen LogP contribution in [0.4, 0.5) is 10.1 Å². The molecule has 1 N–H and O–H groups in total. The fraction of sp³-hybridized carbons (Fsp3) is 0.111. The van der Waals surface area contributed by atoms with E-state index in [2.05, 4.69) is 10.3 Å². The van der Waals surface area contributed by atoms with E-state index in [0.29, 0.717) is 23.5 Å². The van der Waals surface area contributed by atoms with Gasteiger partial charge in [0.05, 0.1) is 28.5 Å². The highest BCUT2D eigenvalue weighted by Crippen LogP contribution is 2.36. The molecule has 3 heterocycles. The Kier molecular flexibility index (Phi) is 4.15. The van der Waals surface area contributed by atoms with Gasteiger partial charge in [0.25, 0.3) is 5.91 Å². The molecule has 0 bridgehead atoms. The van der Waals surface area contributed by atoms with Crippen LogP contribution in [0.1, 0.15) is 27.1 Å². The second-order valence-electron chi connectivity index (χ2n) is 5.62. The minimum absolute atomic E-state index is 0.0905. The molecule has 1 aliphatic heterocycles. The topological polar surface area (TPSA) is 45.2 Å². The fourth-order valence-corrected chi connectivity index (χ4v) is 3.79. The zero-order valence-corrected chi connectivity index (χ0v) is 14.5. The van der Waals surface area contributed by atoms with Crippen molar-refractivity contribution >= 4 is 34.5 Å². The first-order chi connectivity index (χ1) is 12.1. The Morgan fingerprint density at radius 3 is 2.92 bits per heavy atom. The Morgan fingerprint density at radius 2 is 2.16 bits per heavy atom. The molecule has 1 aliphatic rings. The number of fused-ring (bicyclic) bond motifs is 1. The molecule has 0 spiro atoms. The van der Waals surface area contributed by atoms with Crippen molar-refractivity contribution in [2.45, 2.75) is 12.7 Å². The van der Waals surface area contributed by atoms with Gasteiger partial charge < -0.3 is 10.2 Å². The first-order valence-corrected chi connectivity index (χ1v) is 8.89. The van der Waals surface area contributed by atoms with E-state index in [1.165, 1.54) is 12.1 Å². The Balaban J connectivity index is 1.71. The third-order valence-electron chi connectivity index (χ3n) is 4.03. The van der Waals surface area contributed by atoms with Gasteiger partial charge in [-0.3, -0.25) is 9.78 Å². The SMILES string of the molecule is O=C1c2cccnc2C(Nc2ccc(F)cc2Cl)N1Cc1cccs1. The summed E-state index contributed by atoms with van der Waals surface area (Å²) < 4.78 is 13.3. The van der Waals surface area contributed by atoms with E-state index in [1.54, 1.807) is 40.6 Å². The lowest BCUT2D eigenvalue weighted by molar-refractivity contribution is 0.0729. The average Bonchev–Trinajstić information content (AvgIpc) is 3.20. The maximum Gasteiger partial charge on any atom is 0.258 e. The number of rotatable bonds is 4. The molecule has 1 atom stereocenters. The molecule has 2 aromatic heterocycles. The molecule has 0 radical (unpaired) electrons. The van der Waals surface area contributed by atoms with Gasteiger partial charge in [-0.15, -0.1) is 11.3 Å². The molecule has 1 aromatic carbocycles. The lowest BCUT2D eigenvalue weighted by atomic mass is 10.2. The molecular weight excluding hydrogens is 361 g/mol. The van der Waals surface area contributed by atoms with Crippen LogP contribution in [0.2, 0.25) is 5.02 Å². The van der Waals surface area contributed by atoms with Crippen molar-refractivity contribution in [3.8, 4) is 0 Å². The third kappa shape index (κ3) is 2.99. The number of hydrogen-bond donors (Lipinski definition) is 1. The van der Waals surface area contributed by atoms with Crippen LogP contribution in [0.3, 0.4) is 0 Å². The first-order valence-electron chi connectivity index (χ1n) is 7.63. The van der Waals surface area contributed by atoms with Crippen LogP contribution in [-0.2, 0) is 6.54 Å². The molecule has 25 heavy (non-hydrogen) atoms. The summed E-state index contributed by atoms with van der Waals surface area (Å²) in [7, 11) is 0. The van der Waals surface area contributed by atoms with Crippen LogP contribution in [0.5, 0.6) is 0 Å². The number of halogens is 2. The number of benzene rings is 1. The second-order valence-corrected chi connectivity index (χ2v) is 7.06. The summed E-state index contributed by atoms with van der Waals surface area (Å²) in [5.41, 5.74) is 1.76. The van der Waals surface area contributed by atoms with Crippen LogP contribution < -0.4 is 5.32 Å². The van der Waals surface area contributed by atoms with Crippen molar-refractivity contribution in [2.24, 2.45) is 0 Å². The third-order valence-corrected chi connectivity index (χ3v) is 5.20. The second kappa shape index (κ2) is 6.46. The van der Waals surface area contributed by atoms with Gasteiger partial charge >= 0.3 is 0 Å². The summed E-state index contributed by atoms with van der Waals surface area (Å²) in [6.07, 6.45) is 1.19. The first kappa shape index (κ1) is 16.1. The lowest BCUT2D eigenvalue weighted by Crippen LogP contribution is -2.31. The van der Waals surface area contributed by atoms with Crippen molar-refractivity contribution in [1.82, 2.24) is 9.88 Å². The molecule has 1 unspecified atom stereocenters. The zero-order valence-electron chi connectivity index (χ0n) is 12.9. The van der Waals surface area contributed by atoms with Crippen molar-refractivity contribution < 1.29 is 9.18 Å². The number of carbonyl (C=O) groups excluding carboxylic acids is 1. The fourth-order valence-electron chi connectivity index (χ4n) is 2.87. The number of thiophene rings is 1. The normalized spacial score (nSPS) is 16.2. The Hall–Kier alpha value is -2.44. The molecule has 0 aliphatic carbocycles. The number of anilines is 1. The quantitative estimate of drug-likeness (QED) is 0.720. The summed E-state index contributed by atoms with van der Waals surface area (Å²) in [5, 5.41) is 5.46. The van der Waals surface area contributed by atoms with E-state index >= 15 is 0 Å². The molecule has 126 valence electrons.